The van der Waals surface area contributed by atoms with Crippen molar-refractivity contribution in [3.05, 3.63) is 35.9 Å². The second-order valence-corrected chi connectivity index (χ2v) is 25.8. The highest BCUT2D eigenvalue weighted by molar-refractivity contribution is 6.00. The van der Waals surface area contributed by atoms with Gasteiger partial charge in [0.1, 0.15) is 73.0 Å². The van der Waals surface area contributed by atoms with E-state index in [0.717, 1.165) is 0 Å². The van der Waals surface area contributed by atoms with Gasteiger partial charge in [-0.15, -0.1) is 0 Å². The molecular weight excluding hydrogens is 1380 g/mol. The number of carbonyl (C=O) groups excluding carboxylic acids is 14. The zero-order valence-electron chi connectivity index (χ0n) is 60.0. The quantitative estimate of drug-likeness (QED) is 0.0164. The number of benzene rings is 1. The number of nitrogens with one attached hydrogen (secondary N) is 12. The number of amides is 14. The van der Waals surface area contributed by atoms with Crippen molar-refractivity contribution >= 4 is 107 Å². The standard InChI is InChI=1S/C65H107N19O21/c1-7-35(6)53(64(105)79-40(19-22-50(89)90)55(96)74-31-52(93)94)84-49(88)30-73-56(97)45(28-36-14-9-8-10-15-36)82-61(102)43(26-33(2)3)80-58(99)38(16-11-12-24-66)76-63(104)46(29-48(69)87)83-62(103)44(27-34(4)5)81-60(101)41(18-21-47(68)86)77-59(100)42(20-23-51(91)92)78-57(98)39(17-13-25-72-65(70)71)75-54(95)37(67)32-85/h8-10,14-15,33-35,37-46,53,85H,7,11-13,16-32,66-67H2,1-6H3,(H2,68,86)(H2,69,87)(H,73,97)(H,74,96)(H,75,95)(H,76,104)(H,77,100)(H,78,98)(H,79,105)(H,80,99)(H,81,101)(H,82,102)(H,83,103)(H,84,88)(H,89,90)(H,91,92)(H,93,94)(H4,70,71,72)/t35-,37-,38-,39-,40-,41-,42-,43-,44-,45-,46-,53-/m0/s1. The number of hydrogen-bond donors (Lipinski definition) is 22. The Kier molecular flexibility index (Phi) is 43.2. The number of primary amides is 2. The van der Waals surface area contributed by atoms with Crippen molar-refractivity contribution in [1.29, 1.82) is 0 Å². The topological polar surface area (TPSA) is 684 Å². The fourth-order valence-corrected chi connectivity index (χ4v) is 10.1. The molecule has 14 amide bonds. The molecule has 40 heteroatoms. The van der Waals surface area contributed by atoms with E-state index in [1.165, 1.54) is 0 Å². The fraction of sp³-hybridized carbons (Fsp3) is 0.631. The number of carbonyl (C=O) groups is 17. The van der Waals surface area contributed by atoms with Gasteiger partial charge in [-0.05, 0) is 94.1 Å². The maximum absolute atomic E-state index is 14.5. The van der Waals surface area contributed by atoms with Crippen LogP contribution in [0.2, 0.25) is 0 Å². The Morgan fingerprint density at radius 1 is 0.438 bits per heavy atom. The minimum absolute atomic E-state index is 0.0325. The summed E-state index contributed by atoms with van der Waals surface area (Å²) in [6, 6.07) is -9.05. The number of aliphatic imine (C=N–C) groups is 1. The molecule has 0 radical (unpaired) electrons. The number of nitrogens with two attached hydrogens (primary N) is 6. The number of aliphatic hydroxyl groups excluding tert-OH is 1. The van der Waals surface area contributed by atoms with Gasteiger partial charge in [0.05, 0.1) is 19.6 Å². The van der Waals surface area contributed by atoms with Crippen LogP contribution in [0.3, 0.4) is 0 Å². The van der Waals surface area contributed by atoms with Crippen LogP contribution in [0.15, 0.2) is 35.3 Å². The van der Waals surface area contributed by atoms with E-state index < -0.39 is 244 Å². The second-order valence-electron chi connectivity index (χ2n) is 25.8. The Morgan fingerprint density at radius 3 is 1.28 bits per heavy atom. The van der Waals surface area contributed by atoms with Gasteiger partial charge in [0.2, 0.25) is 82.7 Å². The number of aliphatic hydroxyl groups is 1. The molecule has 0 aromatic heterocycles. The molecule has 0 aliphatic heterocycles. The lowest BCUT2D eigenvalue weighted by Crippen LogP contribution is -2.61. The molecular formula is C65H107N19O21. The third-order valence-corrected chi connectivity index (χ3v) is 15.8. The van der Waals surface area contributed by atoms with Crippen LogP contribution in [0.1, 0.15) is 143 Å². The van der Waals surface area contributed by atoms with E-state index in [9.17, 15) is 96.8 Å². The Balaban J connectivity index is 3.67. The lowest BCUT2D eigenvalue weighted by atomic mass is 9.97. The summed E-state index contributed by atoms with van der Waals surface area (Å²) in [7, 11) is 0. The Labute approximate surface area is 606 Å². The predicted octanol–water partition coefficient (Wildman–Crippen LogP) is -7.09. The highest BCUT2D eigenvalue weighted by atomic mass is 16.4. The van der Waals surface area contributed by atoms with Crippen LogP contribution in [0.25, 0.3) is 0 Å². The van der Waals surface area contributed by atoms with Crippen LogP contribution in [-0.2, 0) is 87.9 Å². The summed E-state index contributed by atoms with van der Waals surface area (Å²) in [4.78, 5) is 230. The molecule has 0 bridgehead atoms. The summed E-state index contributed by atoms with van der Waals surface area (Å²) >= 11 is 0. The van der Waals surface area contributed by atoms with E-state index in [2.05, 4.69) is 68.8 Å². The van der Waals surface area contributed by atoms with Crippen LogP contribution in [0.4, 0.5) is 0 Å². The summed E-state index contributed by atoms with van der Waals surface area (Å²) in [6.45, 7) is 7.61. The van der Waals surface area contributed by atoms with Crippen LogP contribution < -0.4 is 98.2 Å². The normalized spacial score (nSPS) is 14.4. The van der Waals surface area contributed by atoms with Crippen molar-refractivity contribution in [2.45, 2.75) is 211 Å². The van der Waals surface area contributed by atoms with Gasteiger partial charge in [-0.2, -0.15) is 0 Å². The number of carboxylic acids is 3. The molecule has 0 saturated heterocycles. The first-order valence-electron chi connectivity index (χ1n) is 34.3. The molecule has 40 nitrogen and oxygen atoms in total. The SMILES string of the molecule is CC[C@H](C)[C@H](NC(=O)CNC(=O)[C@H](Cc1ccccc1)NC(=O)[C@H](CC(C)C)NC(=O)[C@H](CCCCN)NC(=O)[C@H](CC(N)=O)NC(=O)[C@H](CC(C)C)NC(=O)[C@H](CCC(N)=O)NC(=O)[C@H](CCC(=O)O)NC(=O)[C@H](CCCN=C(N)N)NC(=O)[C@@H](N)CO)C(=O)N[C@@H](CCC(=O)O)C(=O)NCC(=O)O. The van der Waals surface area contributed by atoms with Crippen LogP contribution in [-0.4, -0.2) is 226 Å². The van der Waals surface area contributed by atoms with Gasteiger partial charge < -0.3 is 119 Å². The number of carboxylic acid groups (broad SMARTS) is 3. The number of nitrogens with zero attached hydrogens (tertiary/aromatic N) is 1. The first-order chi connectivity index (χ1) is 49.3. The largest absolute Gasteiger partial charge is 0.481 e. The first-order valence-corrected chi connectivity index (χ1v) is 34.3. The monoisotopic (exact) mass is 1490 g/mol. The molecule has 12 atom stereocenters. The number of aliphatic carboxylic acids is 3. The zero-order valence-corrected chi connectivity index (χ0v) is 60.0. The summed E-state index contributed by atoms with van der Waals surface area (Å²) in [5, 5.41) is 66.4. The van der Waals surface area contributed by atoms with E-state index in [-0.39, 0.29) is 76.3 Å². The number of unbranched alkanes of at least 4 members (excludes halogenated alkanes) is 1. The molecule has 0 aliphatic carbocycles. The number of rotatable bonds is 53. The Bertz CT molecular complexity index is 3160. The maximum Gasteiger partial charge on any atom is 0.322 e. The Hall–Kier alpha value is -10.6. The average Bonchev–Trinajstić information content (AvgIpc) is 0.864. The summed E-state index contributed by atoms with van der Waals surface area (Å²) in [5.74, 6) is -20.2. The molecule has 1 aromatic rings. The molecule has 0 aliphatic rings. The molecule has 0 spiro atoms. The van der Waals surface area contributed by atoms with Crippen LogP contribution in [0.5, 0.6) is 0 Å². The molecule has 1 aromatic carbocycles. The van der Waals surface area contributed by atoms with E-state index in [4.69, 9.17) is 39.5 Å². The summed E-state index contributed by atoms with van der Waals surface area (Å²) in [5.41, 5.74) is 33.8. The van der Waals surface area contributed by atoms with Gasteiger partial charge in [0, 0.05) is 32.2 Å². The molecule has 28 N–H and O–H groups in total. The molecule has 0 unspecified atom stereocenters. The molecule has 105 heavy (non-hydrogen) atoms. The fourth-order valence-electron chi connectivity index (χ4n) is 10.1. The molecule has 0 fully saturated rings. The maximum atomic E-state index is 14.5. The van der Waals surface area contributed by atoms with Gasteiger partial charge in [0.25, 0.3) is 0 Å². The third kappa shape index (κ3) is 38.5. The van der Waals surface area contributed by atoms with Crippen molar-refractivity contribution < 1.29 is 102 Å². The van der Waals surface area contributed by atoms with Crippen molar-refractivity contribution in [2.75, 3.05) is 32.8 Å². The highest BCUT2D eigenvalue weighted by Gasteiger charge is 2.38. The van der Waals surface area contributed by atoms with Gasteiger partial charge in [-0.3, -0.25) is 86.5 Å². The van der Waals surface area contributed by atoms with Crippen LogP contribution in [0, 0.1) is 17.8 Å². The summed E-state index contributed by atoms with van der Waals surface area (Å²) in [6.07, 6.45) is -4.38. The van der Waals surface area contributed by atoms with Crippen molar-refractivity contribution in [3.8, 4) is 0 Å². The van der Waals surface area contributed by atoms with Crippen molar-refractivity contribution in [1.82, 2.24) is 63.8 Å². The van der Waals surface area contributed by atoms with Crippen molar-refractivity contribution in [3.63, 3.8) is 0 Å². The molecule has 588 valence electrons. The van der Waals surface area contributed by atoms with E-state index in [1.54, 1.807) is 71.9 Å². The van der Waals surface area contributed by atoms with Gasteiger partial charge >= 0.3 is 17.9 Å². The molecule has 0 saturated carbocycles. The van der Waals surface area contributed by atoms with E-state index in [0.29, 0.717) is 12.0 Å². The second kappa shape index (κ2) is 49.1. The van der Waals surface area contributed by atoms with Crippen LogP contribution >= 0.6 is 0 Å². The van der Waals surface area contributed by atoms with E-state index in [1.807, 2.05) is 0 Å². The average molecular weight is 1490 g/mol. The van der Waals surface area contributed by atoms with Gasteiger partial charge in [-0.25, -0.2) is 0 Å². The smallest absolute Gasteiger partial charge is 0.322 e. The van der Waals surface area contributed by atoms with Gasteiger partial charge in [-0.1, -0.05) is 78.3 Å². The lowest BCUT2D eigenvalue weighted by Gasteiger charge is -2.29. The summed E-state index contributed by atoms with van der Waals surface area (Å²) < 4.78 is 0. The first kappa shape index (κ1) is 92.4. The minimum atomic E-state index is -1.88. The zero-order chi connectivity index (χ0) is 79.6. The Morgan fingerprint density at radius 2 is 0.838 bits per heavy atom. The predicted molar refractivity (Wildman–Crippen MR) is 375 cm³/mol. The third-order valence-electron chi connectivity index (χ3n) is 15.8. The molecule has 0 heterocycles. The van der Waals surface area contributed by atoms with Gasteiger partial charge in [0.15, 0.2) is 5.96 Å². The minimum Gasteiger partial charge on any atom is -0.481 e. The van der Waals surface area contributed by atoms with E-state index >= 15 is 0 Å². The number of hydrogen-bond acceptors (Lipinski definition) is 21. The number of guanidine groups is 1. The van der Waals surface area contributed by atoms with Crippen molar-refractivity contribution in [2.24, 2.45) is 57.1 Å². The molecule has 1 rings (SSSR count). The lowest BCUT2D eigenvalue weighted by molar-refractivity contribution is -0.140. The highest BCUT2D eigenvalue weighted by Crippen LogP contribution is 2.15.